The second-order valence-corrected chi connectivity index (χ2v) is 8.09. The fourth-order valence-electron chi connectivity index (χ4n) is 2.44. The molecule has 0 saturated heterocycles. The maximum Gasteiger partial charge on any atom is 0.416 e. The van der Waals surface area contributed by atoms with Gasteiger partial charge in [0.25, 0.3) is 0 Å². The summed E-state index contributed by atoms with van der Waals surface area (Å²) in [6.07, 6.45) is -3.49. The van der Waals surface area contributed by atoms with Crippen LogP contribution >= 0.6 is 0 Å². The third-order valence-corrected chi connectivity index (χ3v) is 4.94. The van der Waals surface area contributed by atoms with Crippen molar-refractivity contribution >= 4 is 27.3 Å². The minimum absolute atomic E-state index is 0.141. The van der Waals surface area contributed by atoms with Crippen LogP contribution in [0.25, 0.3) is 0 Å². The Morgan fingerprint density at radius 3 is 2.19 bits per heavy atom. The van der Waals surface area contributed by atoms with E-state index in [0.717, 1.165) is 40.4 Å². The average Bonchev–Trinajstić information content (AvgIpc) is 2.54. The first-order valence-electron chi connectivity index (χ1n) is 7.90. The lowest BCUT2D eigenvalue weighted by atomic mass is 10.1. The summed E-state index contributed by atoms with van der Waals surface area (Å²) < 4.78 is 63.0. The van der Waals surface area contributed by atoms with Crippen LogP contribution in [0, 0.1) is 13.8 Å². The van der Waals surface area contributed by atoms with E-state index in [-0.39, 0.29) is 5.69 Å². The van der Waals surface area contributed by atoms with Crippen LogP contribution in [0.4, 0.5) is 24.5 Å². The third kappa shape index (κ3) is 5.46. The quantitative estimate of drug-likeness (QED) is 0.832. The lowest BCUT2D eigenvalue weighted by Crippen LogP contribution is -2.37. The van der Waals surface area contributed by atoms with Gasteiger partial charge in [0.05, 0.1) is 17.5 Å². The number of hydrogen-bond donors (Lipinski definition) is 1. The zero-order valence-corrected chi connectivity index (χ0v) is 15.8. The van der Waals surface area contributed by atoms with Gasteiger partial charge < -0.3 is 5.32 Å². The summed E-state index contributed by atoms with van der Waals surface area (Å²) in [6.45, 7) is 3.02. The van der Waals surface area contributed by atoms with Crippen molar-refractivity contribution in [3.8, 4) is 0 Å². The lowest BCUT2D eigenvalue weighted by molar-refractivity contribution is -0.137. The van der Waals surface area contributed by atoms with Crippen molar-refractivity contribution in [2.75, 3.05) is 22.4 Å². The smallest absolute Gasteiger partial charge is 0.325 e. The number of nitrogens with zero attached hydrogens (tertiary/aromatic N) is 1. The zero-order chi connectivity index (χ0) is 20.4. The molecule has 0 unspecified atom stereocenters. The van der Waals surface area contributed by atoms with Crippen LogP contribution in [0.3, 0.4) is 0 Å². The highest BCUT2D eigenvalue weighted by atomic mass is 32.2. The van der Waals surface area contributed by atoms with E-state index in [4.69, 9.17) is 0 Å². The molecule has 2 rings (SSSR count). The normalized spacial score (nSPS) is 11.9. The Morgan fingerprint density at radius 1 is 1.07 bits per heavy atom. The molecule has 0 saturated carbocycles. The number of carbonyl (C=O) groups excluding carboxylic acids is 1. The summed E-state index contributed by atoms with van der Waals surface area (Å²) in [7, 11) is -3.75. The van der Waals surface area contributed by atoms with Gasteiger partial charge in [0.1, 0.15) is 6.54 Å². The summed E-state index contributed by atoms with van der Waals surface area (Å²) in [4.78, 5) is 12.3. The van der Waals surface area contributed by atoms with Gasteiger partial charge in [-0.2, -0.15) is 13.2 Å². The second-order valence-electron chi connectivity index (χ2n) is 6.18. The monoisotopic (exact) mass is 400 g/mol. The zero-order valence-electron chi connectivity index (χ0n) is 15.0. The molecule has 1 amide bonds. The highest BCUT2D eigenvalue weighted by Crippen LogP contribution is 2.30. The van der Waals surface area contributed by atoms with Gasteiger partial charge in [-0.25, -0.2) is 8.42 Å². The number of sulfonamides is 1. The van der Waals surface area contributed by atoms with Gasteiger partial charge in [-0.15, -0.1) is 0 Å². The van der Waals surface area contributed by atoms with Crippen LogP contribution in [-0.2, 0) is 21.0 Å². The highest BCUT2D eigenvalue weighted by molar-refractivity contribution is 7.92. The molecule has 0 aliphatic carbocycles. The van der Waals surface area contributed by atoms with Crippen molar-refractivity contribution in [2.24, 2.45) is 0 Å². The topological polar surface area (TPSA) is 66.5 Å². The van der Waals surface area contributed by atoms with Crippen molar-refractivity contribution in [3.05, 3.63) is 59.2 Å². The van der Waals surface area contributed by atoms with E-state index in [9.17, 15) is 26.4 Å². The molecular weight excluding hydrogens is 381 g/mol. The van der Waals surface area contributed by atoms with Crippen molar-refractivity contribution < 1.29 is 26.4 Å². The number of carbonyl (C=O) groups is 1. The van der Waals surface area contributed by atoms with Crippen LogP contribution in [-0.4, -0.2) is 27.1 Å². The standard InChI is InChI=1S/C18H19F3N2O3S/c1-12-4-5-13(2)16(10-12)23(27(3,25)26)11-17(24)22-15-8-6-14(7-9-15)18(19,20)21/h4-10H,11H2,1-3H3,(H,22,24). The van der Waals surface area contributed by atoms with Gasteiger partial charge in [0.15, 0.2) is 0 Å². The van der Waals surface area contributed by atoms with E-state index < -0.39 is 34.2 Å². The van der Waals surface area contributed by atoms with Crippen LogP contribution in [0.5, 0.6) is 0 Å². The molecule has 0 aliphatic rings. The Bertz CT molecular complexity index is 939. The summed E-state index contributed by atoms with van der Waals surface area (Å²) in [5.74, 6) is -0.666. The van der Waals surface area contributed by atoms with E-state index >= 15 is 0 Å². The molecule has 0 heterocycles. The number of rotatable bonds is 5. The molecule has 9 heteroatoms. The fraction of sp³-hybridized carbons (Fsp3) is 0.278. The molecule has 0 fully saturated rings. The van der Waals surface area contributed by atoms with Crippen LogP contribution in [0.1, 0.15) is 16.7 Å². The van der Waals surface area contributed by atoms with E-state index in [1.54, 1.807) is 26.0 Å². The number of amides is 1. The number of hydrogen-bond acceptors (Lipinski definition) is 3. The van der Waals surface area contributed by atoms with Crippen molar-refractivity contribution in [1.82, 2.24) is 0 Å². The Balaban J connectivity index is 2.21. The summed E-state index contributed by atoms with van der Waals surface area (Å²) in [5.41, 5.74) is 1.18. The van der Waals surface area contributed by atoms with E-state index in [1.807, 2.05) is 6.07 Å². The van der Waals surface area contributed by atoms with Crippen molar-refractivity contribution in [3.63, 3.8) is 0 Å². The Labute approximate surface area is 155 Å². The molecule has 0 atom stereocenters. The molecule has 146 valence electrons. The number of nitrogens with one attached hydrogen (secondary N) is 1. The predicted octanol–water partition coefficient (Wildman–Crippen LogP) is 3.73. The Kier molecular flexibility index (Phi) is 5.84. The highest BCUT2D eigenvalue weighted by Gasteiger charge is 2.30. The molecule has 2 aromatic carbocycles. The van der Waals surface area contributed by atoms with Gasteiger partial charge in [-0.3, -0.25) is 9.10 Å². The predicted molar refractivity (Wildman–Crippen MR) is 98.2 cm³/mol. The van der Waals surface area contributed by atoms with Gasteiger partial charge in [-0.1, -0.05) is 12.1 Å². The summed E-state index contributed by atoms with van der Waals surface area (Å²) >= 11 is 0. The lowest BCUT2D eigenvalue weighted by Gasteiger charge is -2.24. The molecule has 1 N–H and O–H groups in total. The molecular formula is C18H19F3N2O3S. The van der Waals surface area contributed by atoms with Gasteiger partial charge in [-0.05, 0) is 55.3 Å². The molecule has 5 nitrogen and oxygen atoms in total. The number of anilines is 2. The van der Waals surface area contributed by atoms with Crippen molar-refractivity contribution in [1.29, 1.82) is 0 Å². The Hall–Kier alpha value is -2.55. The largest absolute Gasteiger partial charge is 0.416 e. The van der Waals surface area contributed by atoms with E-state index in [0.29, 0.717) is 11.3 Å². The summed E-state index contributed by atoms with van der Waals surface area (Å²) in [6, 6.07) is 9.14. The van der Waals surface area contributed by atoms with E-state index in [2.05, 4.69) is 5.32 Å². The molecule has 0 aromatic heterocycles. The van der Waals surface area contributed by atoms with Gasteiger partial charge in [0.2, 0.25) is 15.9 Å². The third-order valence-electron chi connectivity index (χ3n) is 3.82. The molecule has 27 heavy (non-hydrogen) atoms. The first kappa shape index (κ1) is 20.8. The minimum atomic E-state index is -4.47. The molecule has 0 bridgehead atoms. The van der Waals surface area contributed by atoms with Crippen molar-refractivity contribution in [2.45, 2.75) is 20.0 Å². The Morgan fingerprint density at radius 2 is 1.67 bits per heavy atom. The van der Waals surface area contributed by atoms with Crippen LogP contribution in [0.2, 0.25) is 0 Å². The van der Waals surface area contributed by atoms with Gasteiger partial charge in [0, 0.05) is 5.69 Å². The van der Waals surface area contributed by atoms with Crippen LogP contribution < -0.4 is 9.62 Å². The molecule has 2 aromatic rings. The van der Waals surface area contributed by atoms with Crippen LogP contribution in [0.15, 0.2) is 42.5 Å². The molecule has 0 spiro atoms. The average molecular weight is 400 g/mol. The summed E-state index contributed by atoms with van der Waals surface area (Å²) in [5, 5.41) is 2.41. The number of aryl methyl sites for hydroxylation is 2. The maximum absolute atomic E-state index is 12.6. The number of alkyl halides is 3. The maximum atomic E-state index is 12.6. The van der Waals surface area contributed by atoms with E-state index in [1.165, 1.54) is 0 Å². The first-order chi connectivity index (χ1) is 12.4. The molecule has 0 radical (unpaired) electrons. The first-order valence-corrected chi connectivity index (χ1v) is 9.75. The SMILES string of the molecule is Cc1ccc(C)c(N(CC(=O)Nc2ccc(C(F)(F)F)cc2)S(C)(=O)=O)c1. The number of benzene rings is 2. The van der Waals surface area contributed by atoms with Gasteiger partial charge >= 0.3 is 6.18 Å². The minimum Gasteiger partial charge on any atom is -0.325 e. The fourth-order valence-corrected chi connectivity index (χ4v) is 3.35. The second kappa shape index (κ2) is 7.59. The molecule has 0 aliphatic heterocycles. The number of halogens is 3.